The number of aryl methyl sites for hydroxylation is 1. The van der Waals surface area contributed by atoms with Crippen LogP contribution >= 0.6 is 23.2 Å². The number of hydrogen-bond acceptors (Lipinski definition) is 3. The van der Waals surface area contributed by atoms with E-state index in [9.17, 15) is 8.42 Å². The Morgan fingerprint density at radius 3 is 2.47 bits per heavy atom. The van der Waals surface area contributed by atoms with Crippen molar-refractivity contribution >= 4 is 38.9 Å². The molecule has 1 aromatic rings. The van der Waals surface area contributed by atoms with Crippen molar-refractivity contribution in [1.29, 1.82) is 0 Å². The van der Waals surface area contributed by atoms with Crippen LogP contribution in [0.2, 0.25) is 10.0 Å². The van der Waals surface area contributed by atoms with Crippen LogP contribution < -0.4 is 10.0 Å². The number of hydrogen-bond donors (Lipinski definition) is 2. The first-order valence-corrected chi connectivity index (χ1v) is 8.38. The molecule has 0 spiro atoms. The zero-order valence-electron chi connectivity index (χ0n) is 10.5. The molecule has 0 radical (unpaired) electrons. The molecule has 7 heteroatoms. The summed E-state index contributed by atoms with van der Waals surface area (Å²) in [6.45, 7) is 3.25. The van der Waals surface area contributed by atoms with Gasteiger partial charge >= 0.3 is 0 Å². The van der Waals surface area contributed by atoms with Crippen LogP contribution in [0.4, 0.5) is 5.69 Å². The first-order chi connectivity index (χ1) is 8.90. The van der Waals surface area contributed by atoms with Crippen LogP contribution in [0.15, 0.2) is 12.1 Å². The van der Waals surface area contributed by atoms with E-state index in [4.69, 9.17) is 23.2 Å². The summed E-state index contributed by atoms with van der Waals surface area (Å²) in [6, 6.07) is 3.21. The molecule has 4 nitrogen and oxygen atoms in total. The van der Waals surface area contributed by atoms with Gasteiger partial charge in [-0.25, -0.2) is 8.42 Å². The second-order valence-corrected chi connectivity index (χ2v) is 7.45. The van der Waals surface area contributed by atoms with Gasteiger partial charge in [0.1, 0.15) is 0 Å². The van der Waals surface area contributed by atoms with E-state index in [-0.39, 0.29) is 5.25 Å². The maximum absolute atomic E-state index is 12.3. The zero-order valence-corrected chi connectivity index (χ0v) is 12.9. The smallest absolute Gasteiger partial charge is 0.235 e. The van der Waals surface area contributed by atoms with E-state index in [1.54, 1.807) is 12.1 Å². The summed E-state index contributed by atoms with van der Waals surface area (Å²) in [5.74, 6) is 0. The Bertz CT molecular complexity index is 569. The molecule has 2 rings (SSSR count). The molecular formula is C12H16Cl2N2O2S. The second kappa shape index (κ2) is 5.87. The lowest BCUT2D eigenvalue weighted by atomic mass is 10.2. The van der Waals surface area contributed by atoms with E-state index in [1.807, 2.05) is 6.92 Å². The van der Waals surface area contributed by atoms with Gasteiger partial charge in [-0.1, -0.05) is 23.2 Å². The number of sulfonamides is 1. The highest BCUT2D eigenvalue weighted by Crippen LogP contribution is 2.30. The van der Waals surface area contributed by atoms with Crippen molar-refractivity contribution in [2.45, 2.75) is 25.0 Å². The van der Waals surface area contributed by atoms with Crippen molar-refractivity contribution in [1.82, 2.24) is 5.32 Å². The van der Waals surface area contributed by atoms with E-state index >= 15 is 0 Å². The largest absolute Gasteiger partial charge is 0.317 e. The number of anilines is 1. The van der Waals surface area contributed by atoms with E-state index in [2.05, 4.69) is 10.0 Å². The molecule has 0 unspecified atom stereocenters. The third-order valence-corrected chi connectivity index (χ3v) is 5.80. The van der Waals surface area contributed by atoms with Crippen molar-refractivity contribution in [2.24, 2.45) is 0 Å². The average molecular weight is 323 g/mol. The summed E-state index contributed by atoms with van der Waals surface area (Å²) in [4.78, 5) is 0. The normalized spacial score (nSPS) is 17.4. The van der Waals surface area contributed by atoms with Crippen LogP contribution in [0.3, 0.4) is 0 Å². The number of piperidine rings is 1. The van der Waals surface area contributed by atoms with E-state index in [0.29, 0.717) is 41.7 Å². The lowest BCUT2D eigenvalue weighted by molar-refractivity contribution is 0.499. The minimum atomic E-state index is -3.42. The van der Waals surface area contributed by atoms with Crippen LogP contribution in [0.25, 0.3) is 0 Å². The Morgan fingerprint density at radius 2 is 1.84 bits per heavy atom. The van der Waals surface area contributed by atoms with Crippen molar-refractivity contribution in [3.05, 3.63) is 27.7 Å². The molecule has 1 aliphatic rings. The lowest BCUT2D eigenvalue weighted by Gasteiger charge is -2.23. The van der Waals surface area contributed by atoms with Crippen LogP contribution in [-0.2, 0) is 10.0 Å². The number of halogens is 2. The molecule has 19 heavy (non-hydrogen) atoms. The monoisotopic (exact) mass is 322 g/mol. The Kier molecular flexibility index (Phi) is 4.61. The topological polar surface area (TPSA) is 58.2 Å². The molecule has 0 bridgehead atoms. The number of nitrogens with one attached hydrogen (secondary N) is 2. The fraction of sp³-hybridized carbons (Fsp3) is 0.500. The van der Waals surface area contributed by atoms with Crippen molar-refractivity contribution in [3.63, 3.8) is 0 Å². The molecule has 0 saturated carbocycles. The van der Waals surface area contributed by atoms with Crippen LogP contribution in [0.5, 0.6) is 0 Å². The first-order valence-electron chi connectivity index (χ1n) is 6.08. The van der Waals surface area contributed by atoms with Crippen LogP contribution in [0.1, 0.15) is 18.4 Å². The van der Waals surface area contributed by atoms with Gasteiger partial charge in [0.05, 0.1) is 16.0 Å². The summed E-state index contributed by atoms with van der Waals surface area (Å²) < 4.78 is 27.1. The summed E-state index contributed by atoms with van der Waals surface area (Å²) in [5.41, 5.74) is 1.16. The van der Waals surface area contributed by atoms with Crippen molar-refractivity contribution in [2.75, 3.05) is 17.8 Å². The molecule has 0 aliphatic carbocycles. The average Bonchev–Trinajstić information content (AvgIpc) is 2.37. The molecule has 1 fully saturated rings. The second-order valence-electron chi connectivity index (χ2n) is 4.68. The van der Waals surface area contributed by atoms with Crippen LogP contribution in [0, 0.1) is 6.92 Å². The Labute approximate surface area is 123 Å². The molecule has 1 saturated heterocycles. The Hall–Kier alpha value is -0.490. The third-order valence-electron chi connectivity index (χ3n) is 3.23. The Balaban J connectivity index is 2.22. The predicted octanol–water partition coefficient (Wildman–Crippen LogP) is 2.80. The van der Waals surface area contributed by atoms with Gasteiger partial charge in [-0.2, -0.15) is 0 Å². The Morgan fingerprint density at radius 1 is 1.21 bits per heavy atom. The molecule has 1 aliphatic heterocycles. The maximum Gasteiger partial charge on any atom is 0.235 e. The number of benzene rings is 1. The molecular weight excluding hydrogens is 307 g/mol. The predicted molar refractivity (Wildman–Crippen MR) is 79.6 cm³/mol. The van der Waals surface area contributed by atoms with Gasteiger partial charge in [0.2, 0.25) is 10.0 Å². The quantitative estimate of drug-likeness (QED) is 0.899. The van der Waals surface area contributed by atoms with Gasteiger partial charge < -0.3 is 5.32 Å². The SMILES string of the molecule is Cc1cc(Cl)c(NS(=O)(=O)C2CCNCC2)cc1Cl. The molecule has 106 valence electrons. The maximum atomic E-state index is 12.3. The lowest BCUT2D eigenvalue weighted by Crippen LogP contribution is -2.38. The summed E-state index contributed by atoms with van der Waals surface area (Å²) in [6.07, 6.45) is 1.21. The first kappa shape index (κ1) is 14.9. The van der Waals surface area contributed by atoms with Crippen molar-refractivity contribution in [3.8, 4) is 0 Å². The standard InChI is InChI=1S/C12H16Cl2N2O2S/c1-8-6-11(14)12(7-10(8)13)16-19(17,18)9-2-4-15-5-3-9/h6-7,9,15-16H,2-5H2,1H3. The van der Waals surface area contributed by atoms with E-state index < -0.39 is 10.0 Å². The highest BCUT2D eigenvalue weighted by molar-refractivity contribution is 7.93. The minimum absolute atomic E-state index is 0.343. The van der Waals surface area contributed by atoms with Gasteiger partial charge in [-0.05, 0) is 50.6 Å². The highest BCUT2D eigenvalue weighted by atomic mass is 35.5. The van der Waals surface area contributed by atoms with E-state index in [0.717, 1.165) is 5.56 Å². The van der Waals surface area contributed by atoms with Gasteiger partial charge in [-0.15, -0.1) is 0 Å². The minimum Gasteiger partial charge on any atom is -0.317 e. The fourth-order valence-electron chi connectivity index (χ4n) is 2.07. The van der Waals surface area contributed by atoms with Crippen LogP contribution in [-0.4, -0.2) is 26.8 Å². The van der Waals surface area contributed by atoms with Crippen molar-refractivity contribution < 1.29 is 8.42 Å². The summed E-state index contributed by atoms with van der Waals surface area (Å²) in [5, 5.41) is 3.61. The van der Waals surface area contributed by atoms with E-state index in [1.165, 1.54) is 0 Å². The molecule has 1 heterocycles. The highest BCUT2D eigenvalue weighted by Gasteiger charge is 2.27. The summed E-state index contributed by atoms with van der Waals surface area (Å²) >= 11 is 12.0. The number of rotatable bonds is 3. The van der Waals surface area contributed by atoms with Gasteiger partial charge in [-0.3, -0.25) is 4.72 Å². The van der Waals surface area contributed by atoms with Gasteiger partial charge in [0.25, 0.3) is 0 Å². The fourth-order valence-corrected chi connectivity index (χ4v) is 4.05. The summed E-state index contributed by atoms with van der Waals surface area (Å²) in [7, 11) is -3.42. The molecule has 0 amide bonds. The van der Waals surface area contributed by atoms with Gasteiger partial charge in [0, 0.05) is 5.02 Å². The molecule has 1 aromatic carbocycles. The zero-order chi connectivity index (χ0) is 14.0. The molecule has 0 atom stereocenters. The molecule has 0 aromatic heterocycles. The van der Waals surface area contributed by atoms with Gasteiger partial charge in [0.15, 0.2) is 0 Å². The molecule has 2 N–H and O–H groups in total. The third kappa shape index (κ3) is 3.54.